The lowest BCUT2D eigenvalue weighted by Gasteiger charge is -2.12. The van der Waals surface area contributed by atoms with Gasteiger partial charge in [0.1, 0.15) is 16.9 Å². The minimum absolute atomic E-state index is 0.291. The first-order valence-electron chi connectivity index (χ1n) is 15.4. The van der Waals surface area contributed by atoms with Gasteiger partial charge < -0.3 is 0 Å². The average Bonchev–Trinajstić information content (AvgIpc) is 2.89. The molecule has 0 atom stereocenters. The van der Waals surface area contributed by atoms with Gasteiger partial charge in [-0.1, -0.05) is 129 Å². The molecule has 0 fully saturated rings. The highest BCUT2D eigenvalue weighted by Gasteiger charge is 2.16. The van der Waals surface area contributed by atoms with Gasteiger partial charge in [-0.3, -0.25) is 0 Å². The van der Waals surface area contributed by atoms with Crippen LogP contribution in [0.15, 0.2) is 15.0 Å². The van der Waals surface area contributed by atoms with Crippen LogP contribution in [0.3, 0.4) is 0 Å². The van der Waals surface area contributed by atoms with Crippen molar-refractivity contribution >= 4 is 42.9 Å². The summed E-state index contributed by atoms with van der Waals surface area (Å²) in [5, 5.41) is 0. The van der Waals surface area contributed by atoms with Gasteiger partial charge in [-0.05, 0) is 63.6 Å². The normalized spacial score (nSPS) is 11.6. The lowest BCUT2D eigenvalue weighted by Crippen LogP contribution is -2.05. The van der Waals surface area contributed by atoms with Gasteiger partial charge >= 0.3 is 0 Å². The third-order valence-electron chi connectivity index (χ3n) is 7.48. The van der Waals surface area contributed by atoms with Crippen LogP contribution in [0.5, 0.6) is 0 Å². The second-order valence-electron chi connectivity index (χ2n) is 10.8. The maximum atomic E-state index is 14.4. The van der Waals surface area contributed by atoms with Crippen LogP contribution in [0, 0.1) is 5.82 Å². The second kappa shape index (κ2) is 20.4. The number of fused-ring (bicyclic) bond motifs is 1. The number of halogens is 3. The third kappa shape index (κ3) is 12.9. The number of rotatable bonds is 22. The summed E-state index contributed by atoms with van der Waals surface area (Å²) >= 11 is 6.93. The Morgan fingerprint density at radius 2 is 0.892 bits per heavy atom. The summed E-state index contributed by atoms with van der Waals surface area (Å²) in [5.74, 6) is -0.291. The molecule has 5 heteroatoms. The third-order valence-corrected chi connectivity index (χ3v) is 8.84. The van der Waals surface area contributed by atoms with Gasteiger partial charge in [0.2, 0.25) is 0 Å². The number of benzene rings is 1. The first-order valence-corrected chi connectivity index (χ1v) is 17.0. The molecule has 210 valence electrons. The predicted octanol–water partition coefficient (Wildman–Crippen LogP) is 12.2. The predicted molar refractivity (Wildman–Crippen MR) is 166 cm³/mol. The van der Waals surface area contributed by atoms with Gasteiger partial charge in [0.05, 0.1) is 15.9 Å². The number of aromatic nitrogens is 2. The zero-order valence-electron chi connectivity index (χ0n) is 23.7. The van der Waals surface area contributed by atoms with E-state index in [0.717, 1.165) is 42.6 Å². The standard InChI is InChI=1S/C32H51Br2FN2/c1-3-5-7-9-11-13-15-17-19-21-23-28-29(24-22-20-18-16-14-12-10-8-6-4-2)37-32-30(34)27(35)25-26(33)31(32)36-28/h25H,3-24H2,1-2H3. The molecule has 0 unspecified atom stereocenters. The van der Waals surface area contributed by atoms with Crippen LogP contribution in [-0.2, 0) is 12.8 Å². The summed E-state index contributed by atoms with van der Waals surface area (Å²) < 4.78 is 15.5. The van der Waals surface area contributed by atoms with Crippen molar-refractivity contribution < 1.29 is 4.39 Å². The molecule has 2 nitrogen and oxygen atoms in total. The number of hydrogen-bond acceptors (Lipinski definition) is 2. The first kappa shape index (κ1) is 32.7. The molecule has 0 spiro atoms. The van der Waals surface area contributed by atoms with Crippen molar-refractivity contribution in [1.29, 1.82) is 0 Å². The molecule has 0 N–H and O–H groups in total. The highest BCUT2D eigenvalue weighted by atomic mass is 79.9. The van der Waals surface area contributed by atoms with E-state index in [4.69, 9.17) is 9.97 Å². The Labute approximate surface area is 243 Å². The molecule has 2 aromatic rings. The van der Waals surface area contributed by atoms with Gasteiger partial charge in [0.15, 0.2) is 0 Å². The van der Waals surface area contributed by atoms with Crippen LogP contribution in [0.4, 0.5) is 4.39 Å². The summed E-state index contributed by atoms with van der Waals surface area (Å²) in [6, 6.07) is 1.49. The van der Waals surface area contributed by atoms with Crippen LogP contribution in [0.2, 0.25) is 0 Å². The van der Waals surface area contributed by atoms with Gasteiger partial charge in [-0.2, -0.15) is 0 Å². The molecular weight excluding hydrogens is 591 g/mol. The molecular formula is C32H51Br2FN2. The Morgan fingerprint density at radius 3 is 1.30 bits per heavy atom. The molecule has 0 aliphatic carbocycles. The van der Waals surface area contributed by atoms with Crippen LogP contribution in [-0.4, -0.2) is 9.97 Å². The summed E-state index contributed by atoms with van der Waals surface area (Å²) in [4.78, 5) is 9.97. The maximum Gasteiger partial charge on any atom is 0.140 e. The lowest BCUT2D eigenvalue weighted by molar-refractivity contribution is 0.551. The van der Waals surface area contributed by atoms with Crippen LogP contribution in [0.25, 0.3) is 11.0 Å². The number of nitrogens with zero attached hydrogens (tertiary/aromatic N) is 2. The largest absolute Gasteiger partial charge is 0.248 e. The average molecular weight is 643 g/mol. The van der Waals surface area contributed by atoms with E-state index in [9.17, 15) is 4.39 Å². The fourth-order valence-electron chi connectivity index (χ4n) is 5.14. The molecule has 0 saturated heterocycles. The van der Waals surface area contributed by atoms with E-state index in [0.29, 0.717) is 14.5 Å². The number of unbranched alkanes of at least 4 members (excludes halogenated alkanes) is 18. The highest BCUT2D eigenvalue weighted by Crippen LogP contribution is 2.32. The van der Waals surface area contributed by atoms with Gasteiger partial charge in [-0.15, -0.1) is 0 Å². The van der Waals surface area contributed by atoms with Gasteiger partial charge in [0, 0.05) is 4.47 Å². The van der Waals surface area contributed by atoms with Crippen LogP contribution >= 0.6 is 31.9 Å². The van der Waals surface area contributed by atoms with Crippen molar-refractivity contribution in [2.45, 2.75) is 155 Å². The summed E-state index contributed by atoms with van der Waals surface area (Å²) in [6.45, 7) is 4.55. The van der Waals surface area contributed by atoms with E-state index in [1.54, 1.807) is 0 Å². The Balaban J connectivity index is 1.84. The molecule has 1 aromatic heterocycles. The Morgan fingerprint density at radius 1 is 0.541 bits per heavy atom. The van der Waals surface area contributed by atoms with Gasteiger partial charge in [-0.25, -0.2) is 14.4 Å². The van der Waals surface area contributed by atoms with E-state index in [1.807, 2.05) is 0 Å². The molecule has 1 aromatic carbocycles. The molecule has 0 radical (unpaired) electrons. The Kier molecular flexibility index (Phi) is 18.0. The van der Waals surface area contributed by atoms with Crippen molar-refractivity contribution in [2.75, 3.05) is 0 Å². The smallest absolute Gasteiger partial charge is 0.140 e. The van der Waals surface area contributed by atoms with Crippen molar-refractivity contribution in [3.8, 4) is 0 Å². The molecule has 2 rings (SSSR count). The van der Waals surface area contributed by atoms with Crippen LogP contribution in [0.1, 0.15) is 154 Å². The fraction of sp³-hybridized carbons (Fsp3) is 0.750. The van der Waals surface area contributed by atoms with E-state index in [1.165, 1.54) is 122 Å². The fourth-order valence-corrected chi connectivity index (χ4v) is 6.01. The van der Waals surface area contributed by atoms with Crippen molar-refractivity contribution in [1.82, 2.24) is 9.97 Å². The summed E-state index contributed by atoms with van der Waals surface area (Å²) in [6.07, 6.45) is 28.5. The monoisotopic (exact) mass is 640 g/mol. The second-order valence-corrected chi connectivity index (χ2v) is 12.5. The SMILES string of the molecule is CCCCCCCCCCCCc1nc2c(Br)cc(F)c(Br)c2nc1CCCCCCCCCCCC. The zero-order valence-corrected chi connectivity index (χ0v) is 26.8. The maximum absolute atomic E-state index is 14.4. The zero-order chi connectivity index (χ0) is 26.7. The molecule has 1 heterocycles. The molecule has 37 heavy (non-hydrogen) atoms. The minimum Gasteiger partial charge on any atom is -0.248 e. The molecule has 0 saturated carbocycles. The molecule has 0 aliphatic heterocycles. The Hall–Kier alpha value is -0.550. The number of aryl methyl sites for hydroxylation is 2. The quantitative estimate of drug-likeness (QED) is 0.0944. The van der Waals surface area contributed by atoms with E-state index >= 15 is 0 Å². The lowest BCUT2D eigenvalue weighted by atomic mass is 10.0. The first-order chi connectivity index (χ1) is 18.1. The van der Waals surface area contributed by atoms with E-state index in [2.05, 4.69) is 45.7 Å². The minimum atomic E-state index is -0.291. The highest BCUT2D eigenvalue weighted by molar-refractivity contribution is 9.11. The molecule has 0 aliphatic rings. The summed E-state index contributed by atoms with van der Waals surface area (Å²) in [5.41, 5.74) is 3.59. The van der Waals surface area contributed by atoms with Crippen molar-refractivity contribution in [3.05, 3.63) is 32.2 Å². The number of hydrogen-bond donors (Lipinski definition) is 0. The summed E-state index contributed by atoms with van der Waals surface area (Å²) in [7, 11) is 0. The Bertz CT molecular complexity index is 887. The van der Waals surface area contributed by atoms with Crippen LogP contribution < -0.4 is 0 Å². The van der Waals surface area contributed by atoms with Crippen molar-refractivity contribution in [3.63, 3.8) is 0 Å². The topological polar surface area (TPSA) is 25.8 Å². The molecule has 0 amide bonds. The van der Waals surface area contributed by atoms with E-state index in [-0.39, 0.29) is 5.82 Å². The van der Waals surface area contributed by atoms with Gasteiger partial charge in [0.25, 0.3) is 0 Å². The van der Waals surface area contributed by atoms with Crippen molar-refractivity contribution in [2.24, 2.45) is 0 Å². The van der Waals surface area contributed by atoms with E-state index < -0.39 is 0 Å². The molecule has 0 bridgehead atoms.